The SMILES string of the molecule is Cn1nnc(C(O)COCc2ccccc2)n1. The number of tetrazole rings is 1. The number of aliphatic hydroxyl groups excluding tert-OH is 1. The van der Waals surface area contributed by atoms with Gasteiger partial charge in [-0.2, -0.15) is 4.80 Å². The summed E-state index contributed by atoms with van der Waals surface area (Å²) >= 11 is 0. The van der Waals surface area contributed by atoms with Crippen LogP contribution in [-0.2, 0) is 18.4 Å². The molecular formula is C11H14N4O2. The number of aromatic nitrogens is 4. The van der Waals surface area contributed by atoms with Crippen molar-refractivity contribution in [3.63, 3.8) is 0 Å². The first kappa shape index (κ1) is 11.7. The highest BCUT2D eigenvalue weighted by Gasteiger charge is 2.13. The Labute approximate surface area is 98.8 Å². The summed E-state index contributed by atoms with van der Waals surface area (Å²) in [5.74, 6) is 0.278. The molecule has 0 aliphatic carbocycles. The predicted molar refractivity (Wildman–Crippen MR) is 59.9 cm³/mol. The molecule has 1 aromatic carbocycles. The Bertz CT molecular complexity index is 458. The number of ether oxygens (including phenoxy) is 1. The molecule has 0 aliphatic rings. The molecule has 6 nitrogen and oxygen atoms in total. The van der Waals surface area contributed by atoms with Crippen LogP contribution in [0.2, 0.25) is 0 Å². The van der Waals surface area contributed by atoms with Crippen molar-refractivity contribution in [2.45, 2.75) is 12.7 Å². The summed E-state index contributed by atoms with van der Waals surface area (Å²) in [5.41, 5.74) is 1.06. The summed E-state index contributed by atoms with van der Waals surface area (Å²) < 4.78 is 5.38. The largest absolute Gasteiger partial charge is 0.383 e. The van der Waals surface area contributed by atoms with Gasteiger partial charge in [0.1, 0.15) is 6.10 Å². The van der Waals surface area contributed by atoms with Gasteiger partial charge in [0.15, 0.2) is 0 Å². The van der Waals surface area contributed by atoms with Gasteiger partial charge in [-0.15, -0.1) is 10.2 Å². The maximum atomic E-state index is 9.71. The average molecular weight is 234 g/mol. The fourth-order valence-corrected chi connectivity index (χ4v) is 1.37. The maximum absolute atomic E-state index is 9.71. The van der Waals surface area contributed by atoms with Crippen molar-refractivity contribution < 1.29 is 9.84 Å². The van der Waals surface area contributed by atoms with Gasteiger partial charge in [-0.05, 0) is 10.8 Å². The lowest BCUT2D eigenvalue weighted by atomic mass is 10.2. The van der Waals surface area contributed by atoms with Gasteiger partial charge in [0.2, 0.25) is 5.82 Å². The van der Waals surface area contributed by atoms with E-state index in [-0.39, 0.29) is 12.4 Å². The van der Waals surface area contributed by atoms with E-state index in [9.17, 15) is 5.11 Å². The second-order valence-electron chi connectivity index (χ2n) is 3.65. The molecule has 0 fully saturated rings. The van der Waals surface area contributed by atoms with E-state index in [0.717, 1.165) is 5.56 Å². The van der Waals surface area contributed by atoms with E-state index in [2.05, 4.69) is 15.4 Å². The van der Waals surface area contributed by atoms with E-state index < -0.39 is 6.10 Å². The van der Waals surface area contributed by atoms with E-state index in [1.54, 1.807) is 7.05 Å². The number of aryl methyl sites for hydroxylation is 1. The van der Waals surface area contributed by atoms with Crippen LogP contribution >= 0.6 is 0 Å². The second kappa shape index (κ2) is 5.51. The molecule has 1 N–H and O–H groups in total. The normalized spacial score (nSPS) is 12.6. The highest BCUT2D eigenvalue weighted by Crippen LogP contribution is 2.07. The molecule has 0 saturated carbocycles. The average Bonchev–Trinajstić information content (AvgIpc) is 2.77. The van der Waals surface area contributed by atoms with Gasteiger partial charge in [0.25, 0.3) is 0 Å². The van der Waals surface area contributed by atoms with Crippen molar-refractivity contribution in [1.29, 1.82) is 0 Å². The monoisotopic (exact) mass is 234 g/mol. The van der Waals surface area contributed by atoms with Crippen LogP contribution in [0.5, 0.6) is 0 Å². The third kappa shape index (κ3) is 3.33. The Kier molecular flexibility index (Phi) is 3.79. The van der Waals surface area contributed by atoms with Gasteiger partial charge in [-0.1, -0.05) is 30.3 Å². The van der Waals surface area contributed by atoms with Gasteiger partial charge in [0, 0.05) is 0 Å². The van der Waals surface area contributed by atoms with Crippen LogP contribution in [0.15, 0.2) is 30.3 Å². The van der Waals surface area contributed by atoms with Crippen molar-refractivity contribution in [3.05, 3.63) is 41.7 Å². The van der Waals surface area contributed by atoms with Crippen LogP contribution in [0.3, 0.4) is 0 Å². The highest BCUT2D eigenvalue weighted by molar-refractivity contribution is 5.13. The second-order valence-corrected chi connectivity index (χ2v) is 3.65. The third-order valence-electron chi connectivity index (χ3n) is 2.21. The first-order valence-electron chi connectivity index (χ1n) is 5.29. The van der Waals surface area contributed by atoms with Crippen molar-refractivity contribution in [2.75, 3.05) is 6.61 Å². The van der Waals surface area contributed by atoms with E-state index in [1.165, 1.54) is 4.80 Å². The van der Waals surface area contributed by atoms with Crippen molar-refractivity contribution in [1.82, 2.24) is 20.2 Å². The summed E-state index contributed by atoms with van der Waals surface area (Å²) in [6, 6.07) is 9.76. The van der Waals surface area contributed by atoms with Gasteiger partial charge in [-0.3, -0.25) is 0 Å². The lowest BCUT2D eigenvalue weighted by molar-refractivity contribution is 0.0233. The molecule has 1 unspecified atom stereocenters. The number of nitrogens with zero attached hydrogens (tertiary/aromatic N) is 4. The maximum Gasteiger partial charge on any atom is 0.205 e. The Morgan fingerprint density at radius 1 is 1.35 bits per heavy atom. The molecule has 90 valence electrons. The van der Waals surface area contributed by atoms with E-state index in [0.29, 0.717) is 6.61 Å². The van der Waals surface area contributed by atoms with Crippen LogP contribution in [0.4, 0.5) is 0 Å². The van der Waals surface area contributed by atoms with Gasteiger partial charge in [-0.25, -0.2) is 0 Å². The van der Waals surface area contributed by atoms with Crippen LogP contribution in [0.25, 0.3) is 0 Å². The first-order valence-corrected chi connectivity index (χ1v) is 5.29. The minimum absolute atomic E-state index is 0.153. The Hall–Kier alpha value is -1.79. The lowest BCUT2D eigenvalue weighted by Gasteiger charge is -2.07. The van der Waals surface area contributed by atoms with E-state index in [1.807, 2.05) is 30.3 Å². The van der Waals surface area contributed by atoms with Crippen molar-refractivity contribution in [2.24, 2.45) is 7.05 Å². The molecule has 1 heterocycles. The number of hydrogen-bond acceptors (Lipinski definition) is 5. The summed E-state index contributed by atoms with van der Waals surface area (Å²) in [6.45, 7) is 0.610. The molecule has 0 aliphatic heterocycles. The van der Waals surface area contributed by atoms with Crippen LogP contribution in [0, 0.1) is 0 Å². The van der Waals surface area contributed by atoms with Crippen molar-refractivity contribution >= 4 is 0 Å². The number of hydrogen-bond donors (Lipinski definition) is 1. The highest BCUT2D eigenvalue weighted by atomic mass is 16.5. The fourth-order valence-electron chi connectivity index (χ4n) is 1.37. The lowest BCUT2D eigenvalue weighted by Crippen LogP contribution is -2.09. The van der Waals surface area contributed by atoms with Gasteiger partial charge < -0.3 is 9.84 Å². The molecule has 2 aromatic rings. The molecule has 0 spiro atoms. The molecular weight excluding hydrogens is 220 g/mol. The minimum atomic E-state index is -0.840. The molecule has 2 rings (SSSR count). The van der Waals surface area contributed by atoms with Crippen LogP contribution < -0.4 is 0 Å². The first-order chi connectivity index (χ1) is 8.25. The summed E-state index contributed by atoms with van der Waals surface area (Å²) in [5, 5.41) is 21.0. The summed E-state index contributed by atoms with van der Waals surface area (Å²) in [7, 11) is 1.65. The zero-order valence-electron chi connectivity index (χ0n) is 9.52. The topological polar surface area (TPSA) is 73.1 Å². The van der Waals surface area contributed by atoms with Gasteiger partial charge >= 0.3 is 0 Å². The molecule has 1 atom stereocenters. The number of benzene rings is 1. The number of rotatable bonds is 5. The molecule has 0 bridgehead atoms. The molecule has 0 saturated heterocycles. The third-order valence-corrected chi connectivity index (χ3v) is 2.21. The molecule has 0 amide bonds. The molecule has 17 heavy (non-hydrogen) atoms. The molecule has 6 heteroatoms. The van der Waals surface area contributed by atoms with Crippen LogP contribution in [-0.4, -0.2) is 31.9 Å². The van der Waals surface area contributed by atoms with Gasteiger partial charge in [0.05, 0.1) is 20.3 Å². The summed E-state index contributed by atoms with van der Waals surface area (Å²) in [4.78, 5) is 1.30. The Morgan fingerprint density at radius 3 is 2.76 bits per heavy atom. The standard InChI is InChI=1S/C11H14N4O2/c1-15-13-11(12-14-15)10(16)8-17-7-9-5-3-2-4-6-9/h2-6,10,16H,7-8H2,1H3. The Morgan fingerprint density at radius 2 is 2.12 bits per heavy atom. The fraction of sp³-hybridized carbons (Fsp3) is 0.364. The molecule has 0 radical (unpaired) electrons. The zero-order valence-corrected chi connectivity index (χ0v) is 9.52. The molecule has 1 aromatic heterocycles. The predicted octanol–water partition coefficient (Wildman–Crippen LogP) is 0.460. The zero-order chi connectivity index (χ0) is 12.1. The smallest absolute Gasteiger partial charge is 0.205 e. The van der Waals surface area contributed by atoms with Crippen molar-refractivity contribution in [3.8, 4) is 0 Å². The van der Waals surface area contributed by atoms with E-state index >= 15 is 0 Å². The van der Waals surface area contributed by atoms with E-state index in [4.69, 9.17) is 4.74 Å². The Balaban J connectivity index is 1.79. The van der Waals surface area contributed by atoms with Crippen LogP contribution in [0.1, 0.15) is 17.5 Å². The minimum Gasteiger partial charge on any atom is -0.383 e. The quantitative estimate of drug-likeness (QED) is 0.813. The summed E-state index contributed by atoms with van der Waals surface area (Å²) in [6.07, 6.45) is -0.840. The number of aliphatic hydroxyl groups is 1.